The number of methoxy groups -OCH3 is 1. The number of rotatable bonds is 8. The first-order valence-corrected chi connectivity index (χ1v) is 11.0. The molecule has 1 saturated heterocycles. The lowest BCUT2D eigenvalue weighted by molar-refractivity contribution is -0.129. The van der Waals surface area contributed by atoms with Crippen LogP contribution in [0.3, 0.4) is 0 Å². The Kier molecular flexibility index (Phi) is 21.7. The molecule has 1 fully saturated rings. The maximum absolute atomic E-state index is 11.8. The Morgan fingerprint density at radius 3 is 2.21 bits per heavy atom. The van der Waals surface area contributed by atoms with E-state index in [1.54, 1.807) is 0 Å². The largest absolute Gasteiger partial charge is 0.382 e. The van der Waals surface area contributed by atoms with Gasteiger partial charge in [0.15, 0.2) is 0 Å². The van der Waals surface area contributed by atoms with Crippen molar-refractivity contribution in [3.63, 3.8) is 0 Å². The molecule has 7 N–H and O–H groups in total. The summed E-state index contributed by atoms with van der Waals surface area (Å²) in [6.07, 6.45) is 4.37. The number of benzene rings is 1. The van der Waals surface area contributed by atoms with Crippen molar-refractivity contribution in [3.05, 3.63) is 35.9 Å². The molecule has 0 spiro atoms. The van der Waals surface area contributed by atoms with Gasteiger partial charge in [0.05, 0.1) is 6.61 Å². The number of hydrogen-bond acceptors (Lipinski definition) is 6. The molecule has 1 heterocycles. The second-order valence-electron chi connectivity index (χ2n) is 7.26. The van der Waals surface area contributed by atoms with Crippen LogP contribution in [-0.2, 0) is 30.5 Å². The van der Waals surface area contributed by atoms with Gasteiger partial charge in [-0.25, -0.2) is 0 Å². The van der Waals surface area contributed by atoms with E-state index < -0.39 is 6.04 Å². The van der Waals surface area contributed by atoms with Crippen LogP contribution in [0.15, 0.2) is 30.3 Å². The summed E-state index contributed by atoms with van der Waals surface area (Å²) in [5.74, 6) is -0.722. The Morgan fingerprint density at radius 1 is 1.27 bits per heavy atom. The van der Waals surface area contributed by atoms with Crippen LogP contribution in [0.2, 0.25) is 0 Å². The maximum Gasteiger partial charge on any atom is 0.245 e. The van der Waals surface area contributed by atoms with E-state index in [-0.39, 0.29) is 30.7 Å². The van der Waals surface area contributed by atoms with Gasteiger partial charge in [-0.15, -0.1) is 0 Å². The van der Waals surface area contributed by atoms with E-state index in [4.69, 9.17) is 15.3 Å². The molecule has 10 heteroatoms. The summed E-state index contributed by atoms with van der Waals surface area (Å²) in [5, 5.41) is 8.62. The number of carbonyl (C=O) groups is 4. The summed E-state index contributed by atoms with van der Waals surface area (Å²) >= 11 is 0. The Labute approximate surface area is 197 Å². The highest BCUT2D eigenvalue weighted by molar-refractivity contribution is 5.86. The molecule has 1 aromatic rings. The monoisotopic (exact) mass is 467 g/mol. The van der Waals surface area contributed by atoms with E-state index in [1.807, 2.05) is 37.3 Å². The Morgan fingerprint density at radius 2 is 1.88 bits per heavy atom. The minimum atomic E-state index is -0.656. The van der Waals surface area contributed by atoms with E-state index in [0.29, 0.717) is 13.0 Å². The van der Waals surface area contributed by atoms with Crippen LogP contribution in [0.5, 0.6) is 0 Å². The van der Waals surface area contributed by atoms with Gasteiger partial charge in [0.2, 0.25) is 24.1 Å². The van der Waals surface area contributed by atoms with E-state index in [9.17, 15) is 14.4 Å². The van der Waals surface area contributed by atoms with E-state index in [1.165, 1.54) is 33.4 Å². The van der Waals surface area contributed by atoms with Gasteiger partial charge < -0.3 is 32.2 Å². The Balaban J connectivity index is 0. The van der Waals surface area contributed by atoms with Crippen molar-refractivity contribution < 1.29 is 23.9 Å². The van der Waals surface area contributed by atoms with Gasteiger partial charge in [-0.3, -0.25) is 19.2 Å². The molecule has 1 aliphatic heterocycles. The predicted molar refractivity (Wildman–Crippen MR) is 129 cm³/mol. The first-order chi connectivity index (χ1) is 15.7. The number of nitrogens with two attached hydrogens (primary N) is 2. The molecule has 0 aromatic heterocycles. The lowest BCUT2D eigenvalue weighted by Gasteiger charge is -2.16. The van der Waals surface area contributed by atoms with E-state index in [2.05, 4.69) is 28.6 Å². The lowest BCUT2D eigenvalue weighted by Crippen LogP contribution is -2.48. The molecule has 10 nitrogen and oxygen atoms in total. The van der Waals surface area contributed by atoms with E-state index >= 15 is 0 Å². The summed E-state index contributed by atoms with van der Waals surface area (Å²) in [5.41, 5.74) is 9.94. The second-order valence-corrected chi connectivity index (χ2v) is 7.26. The molecule has 2 unspecified atom stereocenters. The van der Waals surface area contributed by atoms with Crippen molar-refractivity contribution >= 4 is 24.1 Å². The molecular weight excluding hydrogens is 426 g/mol. The van der Waals surface area contributed by atoms with Crippen molar-refractivity contribution in [3.8, 4) is 0 Å². The number of carbonyl (C=O) groups excluding carboxylic acids is 4. The van der Waals surface area contributed by atoms with Gasteiger partial charge in [0, 0.05) is 33.0 Å². The minimum Gasteiger partial charge on any atom is -0.382 e. The van der Waals surface area contributed by atoms with Gasteiger partial charge >= 0.3 is 0 Å². The van der Waals surface area contributed by atoms with Crippen LogP contribution in [-0.4, -0.2) is 56.5 Å². The smallest absolute Gasteiger partial charge is 0.245 e. The van der Waals surface area contributed by atoms with Crippen LogP contribution in [0, 0.1) is 0 Å². The number of amides is 4. The molecule has 33 heavy (non-hydrogen) atoms. The maximum atomic E-state index is 11.8. The third kappa shape index (κ3) is 22.0. The van der Waals surface area contributed by atoms with Crippen molar-refractivity contribution in [2.75, 3.05) is 20.3 Å². The molecule has 1 aliphatic rings. The SMILES string of the molecule is CC1CCCN1.CCCC(N)=O.COCC(NC(C)=O)C(=O)NCc1ccccc1.NC=O. The number of nitrogens with one attached hydrogen (secondary N) is 3. The average molecular weight is 468 g/mol. The molecule has 4 amide bonds. The first kappa shape index (κ1) is 32.2. The molecule has 0 saturated carbocycles. The van der Waals surface area contributed by atoms with Crippen molar-refractivity contribution in [2.45, 2.75) is 65.1 Å². The fraction of sp³-hybridized carbons (Fsp3) is 0.565. The van der Waals surface area contributed by atoms with Crippen LogP contribution < -0.4 is 27.4 Å². The predicted octanol–water partition coefficient (Wildman–Crippen LogP) is 0.586. The van der Waals surface area contributed by atoms with Crippen molar-refractivity contribution in [2.24, 2.45) is 11.5 Å². The zero-order valence-electron chi connectivity index (χ0n) is 20.3. The number of ether oxygens (including phenoxy) is 1. The zero-order chi connectivity index (χ0) is 25.5. The highest BCUT2D eigenvalue weighted by Crippen LogP contribution is 2.01. The van der Waals surface area contributed by atoms with Crippen LogP contribution >= 0.6 is 0 Å². The lowest BCUT2D eigenvalue weighted by atomic mass is 10.2. The fourth-order valence-corrected chi connectivity index (χ4v) is 2.61. The van der Waals surface area contributed by atoms with Gasteiger partial charge in [0.1, 0.15) is 6.04 Å². The summed E-state index contributed by atoms with van der Waals surface area (Å²) < 4.78 is 4.90. The number of hydrogen-bond donors (Lipinski definition) is 5. The van der Waals surface area contributed by atoms with Crippen LogP contribution in [0.1, 0.15) is 52.0 Å². The Hall–Kier alpha value is -2.98. The van der Waals surface area contributed by atoms with Gasteiger partial charge in [0.25, 0.3) is 0 Å². The van der Waals surface area contributed by atoms with Gasteiger partial charge in [-0.2, -0.15) is 0 Å². The topological polar surface area (TPSA) is 166 Å². The highest BCUT2D eigenvalue weighted by Gasteiger charge is 2.18. The molecular formula is C23H41N5O5. The van der Waals surface area contributed by atoms with Gasteiger partial charge in [-0.1, -0.05) is 37.3 Å². The molecule has 2 rings (SSSR count). The van der Waals surface area contributed by atoms with E-state index in [0.717, 1.165) is 18.0 Å². The Bertz CT molecular complexity index is 652. The average Bonchev–Trinajstić information content (AvgIpc) is 3.24. The zero-order valence-corrected chi connectivity index (χ0v) is 20.3. The summed E-state index contributed by atoms with van der Waals surface area (Å²) in [7, 11) is 1.49. The molecule has 0 bridgehead atoms. The summed E-state index contributed by atoms with van der Waals surface area (Å²) in [6, 6.07) is 9.70. The quantitative estimate of drug-likeness (QED) is 0.351. The molecule has 2 atom stereocenters. The van der Waals surface area contributed by atoms with Crippen molar-refractivity contribution in [1.82, 2.24) is 16.0 Å². The van der Waals surface area contributed by atoms with Crippen LogP contribution in [0.4, 0.5) is 0 Å². The summed E-state index contributed by atoms with van der Waals surface area (Å²) in [6.45, 7) is 7.34. The second kappa shape index (κ2) is 22.2. The molecule has 0 radical (unpaired) electrons. The highest BCUT2D eigenvalue weighted by atomic mass is 16.5. The van der Waals surface area contributed by atoms with Crippen LogP contribution in [0.25, 0.3) is 0 Å². The number of primary amides is 2. The normalized spacial score (nSPS) is 14.5. The third-order valence-corrected chi connectivity index (χ3v) is 4.14. The molecule has 188 valence electrons. The van der Waals surface area contributed by atoms with Crippen molar-refractivity contribution in [1.29, 1.82) is 0 Å². The third-order valence-electron chi connectivity index (χ3n) is 4.14. The first-order valence-electron chi connectivity index (χ1n) is 11.0. The standard InChI is InChI=1S/C13H18N2O3.C5H11N.C4H9NO.CH3NO/c1-10(16)15-12(9-18-2)13(17)14-8-11-6-4-3-5-7-11;1-5-3-2-4-6-5;1-2-3-4(5)6;2-1-3/h3-7,12H,8-9H2,1-2H3,(H,14,17)(H,15,16);5-6H,2-4H2,1H3;2-3H2,1H3,(H2,5,6);1H,(H2,2,3). The minimum absolute atomic E-state index is 0.153. The molecule has 1 aromatic carbocycles. The summed E-state index contributed by atoms with van der Waals surface area (Å²) in [4.78, 5) is 41.2. The van der Waals surface area contributed by atoms with Gasteiger partial charge in [-0.05, 0) is 38.3 Å². The molecule has 0 aliphatic carbocycles. The fourth-order valence-electron chi connectivity index (χ4n) is 2.61.